The van der Waals surface area contributed by atoms with Crippen molar-refractivity contribution in [3.05, 3.63) is 63.6 Å². The molecule has 1 nitrogen and oxygen atoms in total. The SMILES string of the molecule is ClCc1ccc(N2CCCc3ccccc3C2)cc1Br. The monoisotopic (exact) mass is 349 g/mol. The Kier molecular flexibility index (Phi) is 4.32. The lowest BCUT2D eigenvalue weighted by Gasteiger charge is -2.24. The summed E-state index contributed by atoms with van der Waals surface area (Å²) in [5.41, 5.74) is 5.35. The molecule has 0 saturated heterocycles. The number of halogens is 2. The van der Waals surface area contributed by atoms with Crippen LogP contribution >= 0.6 is 27.5 Å². The van der Waals surface area contributed by atoms with E-state index in [0.29, 0.717) is 5.88 Å². The predicted molar refractivity (Wildman–Crippen MR) is 89.5 cm³/mol. The molecular weight excluding hydrogens is 334 g/mol. The first-order valence-electron chi connectivity index (χ1n) is 6.94. The van der Waals surface area contributed by atoms with E-state index in [4.69, 9.17) is 11.6 Å². The van der Waals surface area contributed by atoms with Crippen molar-refractivity contribution in [2.45, 2.75) is 25.3 Å². The van der Waals surface area contributed by atoms with Gasteiger partial charge in [-0.1, -0.05) is 46.3 Å². The van der Waals surface area contributed by atoms with Crippen LogP contribution < -0.4 is 4.90 Å². The second kappa shape index (κ2) is 6.19. The van der Waals surface area contributed by atoms with E-state index >= 15 is 0 Å². The molecule has 0 saturated carbocycles. The van der Waals surface area contributed by atoms with Crippen LogP contribution in [0.25, 0.3) is 0 Å². The van der Waals surface area contributed by atoms with E-state index in [1.165, 1.54) is 29.7 Å². The molecule has 0 radical (unpaired) electrons. The molecule has 2 aromatic carbocycles. The molecular formula is C17H17BrClN. The lowest BCUT2D eigenvalue weighted by molar-refractivity contribution is 0.765. The average Bonchev–Trinajstić information content (AvgIpc) is 2.69. The van der Waals surface area contributed by atoms with E-state index in [-0.39, 0.29) is 0 Å². The van der Waals surface area contributed by atoms with E-state index < -0.39 is 0 Å². The number of hydrogen-bond acceptors (Lipinski definition) is 1. The molecule has 3 rings (SSSR count). The van der Waals surface area contributed by atoms with Crippen molar-refractivity contribution in [2.24, 2.45) is 0 Å². The number of fused-ring (bicyclic) bond motifs is 1. The summed E-state index contributed by atoms with van der Waals surface area (Å²) in [6.07, 6.45) is 2.37. The Hall–Kier alpha value is -0.990. The highest BCUT2D eigenvalue weighted by molar-refractivity contribution is 9.10. The van der Waals surface area contributed by atoms with Gasteiger partial charge in [0, 0.05) is 29.1 Å². The number of aryl methyl sites for hydroxylation is 1. The highest BCUT2D eigenvalue weighted by Gasteiger charge is 2.15. The Morgan fingerprint density at radius 1 is 1.10 bits per heavy atom. The van der Waals surface area contributed by atoms with Gasteiger partial charge in [0.1, 0.15) is 0 Å². The molecule has 0 unspecified atom stereocenters. The summed E-state index contributed by atoms with van der Waals surface area (Å²) in [7, 11) is 0. The number of nitrogens with zero attached hydrogens (tertiary/aromatic N) is 1. The van der Waals surface area contributed by atoms with Gasteiger partial charge in [-0.05, 0) is 41.7 Å². The molecule has 1 aliphatic rings. The lowest BCUT2D eigenvalue weighted by Crippen LogP contribution is -2.22. The van der Waals surface area contributed by atoms with Crippen LogP contribution in [0.5, 0.6) is 0 Å². The Morgan fingerprint density at radius 2 is 1.90 bits per heavy atom. The summed E-state index contributed by atoms with van der Waals surface area (Å²) in [6.45, 7) is 2.09. The van der Waals surface area contributed by atoms with Gasteiger partial charge in [0.25, 0.3) is 0 Å². The first kappa shape index (κ1) is 14.0. The molecule has 0 fully saturated rings. The van der Waals surface area contributed by atoms with Crippen molar-refractivity contribution >= 4 is 33.2 Å². The number of hydrogen-bond donors (Lipinski definition) is 0. The van der Waals surface area contributed by atoms with E-state index in [1.54, 1.807) is 0 Å². The minimum absolute atomic E-state index is 0.545. The van der Waals surface area contributed by atoms with Gasteiger partial charge in [-0.15, -0.1) is 11.6 Å². The van der Waals surface area contributed by atoms with Crippen molar-refractivity contribution in [3.63, 3.8) is 0 Å². The van der Waals surface area contributed by atoms with E-state index in [0.717, 1.165) is 23.1 Å². The second-order valence-corrected chi connectivity index (χ2v) is 6.32. The molecule has 2 aromatic rings. The zero-order valence-electron chi connectivity index (χ0n) is 11.3. The van der Waals surface area contributed by atoms with Gasteiger partial charge in [-0.3, -0.25) is 0 Å². The average molecular weight is 351 g/mol. The summed E-state index contributed by atoms with van der Waals surface area (Å²) in [5, 5.41) is 0. The molecule has 0 spiro atoms. The number of rotatable bonds is 2. The van der Waals surface area contributed by atoms with Gasteiger partial charge in [0.15, 0.2) is 0 Å². The van der Waals surface area contributed by atoms with Crippen LogP contribution in [0.3, 0.4) is 0 Å². The van der Waals surface area contributed by atoms with Crippen molar-refractivity contribution in [1.29, 1.82) is 0 Å². The fraction of sp³-hybridized carbons (Fsp3) is 0.294. The molecule has 0 bridgehead atoms. The first-order chi connectivity index (χ1) is 9.78. The molecule has 0 aliphatic carbocycles. The summed E-state index contributed by atoms with van der Waals surface area (Å²) >= 11 is 9.53. The molecule has 3 heteroatoms. The Bertz CT molecular complexity index is 612. The van der Waals surface area contributed by atoms with Crippen LogP contribution in [0.4, 0.5) is 5.69 Å². The predicted octanol–water partition coefficient (Wildman–Crippen LogP) is 5.14. The summed E-state index contributed by atoms with van der Waals surface area (Å²) in [4.78, 5) is 2.45. The topological polar surface area (TPSA) is 3.24 Å². The van der Waals surface area contributed by atoms with Crippen molar-refractivity contribution in [2.75, 3.05) is 11.4 Å². The molecule has 0 aromatic heterocycles. The van der Waals surface area contributed by atoms with Crippen LogP contribution in [0.1, 0.15) is 23.1 Å². The maximum atomic E-state index is 5.92. The van der Waals surface area contributed by atoms with Crippen LogP contribution in [0.2, 0.25) is 0 Å². The molecule has 1 aliphatic heterocycles. The Balaban J connectivity index is 1.89. The largest absolute Gasteiger partial charge is 0.367 e. The fourth-order valence-corrected chi connectivity index (χ4v) is 3.66. The normalized spacial score (nSPS) is 14.8. The van der Waals surface area contributed by atoms with Crippen LogP contribution in [0, 0.1) is 0 Å². The maximum Gasteiger partial charge on any atom is 0.0485 e. The van der Waals surface area contributed by atoms with Crippen LogP contribution in [-0.2, 0) is 18.8 Å². The zero-order valence-corrected chi connectivity index (χ0v) is 13.6. The number of benzene rings is 2. The molecule has 1 heterocycles. The third kappa shape index (κ3) is 2.87. The summed E-state index contributed by atoms with van der Waals surface area (Å²) < 4.78 is 1.10. The summed E-state index contributed by atoms with van der Waals surface area (Å²) in [5.74, 6) is 0.545. The van der Waals surface area contributed by atoms with Gasteiger partial charge in [0.05, 0.1) is 0 Å². The molecule has 0 atom stereocenters. The van der Waals surface area contributed by atoms with Gasteiger partial charge in [-0.25, -0.2) is 0 Å². The Morgan fingerprint density at radius 3 is 2.65 bits per heavy atom. The first-order valence-corrected chi connectivity index (χ1v) is 8.27. The molecule has 104 valence electrons. The fourth-order valence-electron chi connectivity index (χ4n) is 2.76. The van der Waals surface area contributed by atoms with Crippen molar-refractivity contribution in [3.8, 4) is 0 Å². The van der Waals surface area contributed by atoms with Crippen LogP contribution in [0.15, 0.2) is 46.9 Å². The third-order valence-electron chi connectivity index (χ3n) is 3.90. The van der Waals surface area contributed by atoms with E-state index in [1.807, 2.05) is 0 Å². The van der Waals surface area contributed by atoms with Gasteiger partial charge in [-0.2, -0.15) is 0 Å². The third-order valence-corrected chi connectivity index (χ3v) is 4.93. The van der Waals surface area contributed by atoms with Gasteiger partial charge >= 0.3 is 0 Å². The minimum Gasteiger partial charge on any atom is -0.367 e. The molecule has 0 amide bonds. The zero-order chi connectivity index (χ0) is 13.9. The Labute approximate surface area is 133 Å². The van der Waals surface area contributed by atoms with E-state index in [2.05, 4.69) is 63.3 Å². The van der Waals surface area contributed by atoms with Crippen molar-refractivity contribution in [1.82, 2.24) is 0 Å². The number of alkyl halides is 1. The second-order valence-electron chi connectivity index (χ2n) is 5.20. The minimum atomic E-state index is 0.545. The smallest absolute Gasteiger partial charge is 0.0485 e. The standard InChI is InChI=1S/C17H17BrClN/c18-17-10-16(8-7-14(17)11-19)20-9-3-6-13-4-1-2-5-15(13)12-20/h1-2,4-5,7-8,10H,3,6,9,11-12H2. The van der Waals surface area contributed by atoms with Gasteiger partial charge < -0.3 is 4.90 Å². The highest BCUT2D eigenvalue weighted by Crippen LogP contribution is 2.28. The highest BCUT2D eigenvalue weighted by atomic mass is 79.9. The molecule has 20 heavy (non-hydrogen) atoms. The number of anilines is 1. The quantitative estimate of drug-likeness (QED) is 0.678. The van der Waals surface area contributed by atoms with Gasteiger partial charge in [0.2, 0.25) is 0 Å². The lowest BCUT2D eigenvalue weighted by atomic mass is 10.0. The van der Waals surface area contributed by atoms with Crippen LogP contribution in [-0.4, -0.2) is 6.54 Å². The molecule has 0 N–H and O–H groups in total. The summed E-state index contributed by atoms with van der Waals surface area (Å²) in [6, 6.07) is 15.3. The van der Waals surface area contributed by atoms with Crippen molar-refractivity contribution < 1.29 is 0 Å². The van der Waals surface area contributed by atoms with E-state index in [9.17, 15) is 0 Å². The maximum absolute atomic E-state index is 5.92.